The monoisotopic (exact) mass is 246 g/mol. The second-order valence-corrected chi connectivity index (χ2v) is 5.84. The third-order valence-corrected chi connectivity index (χ3v) is 3.51. The molecule has 0 aliphatic carbocycles. The predicted octanol–water partition coefficient (Wildman–Crippen LogP) is 2.43. The lowest BCUT2D eigenvalue weighted by Crippen LogP contribution is -2.30. The number of rotatable bonds is 2. The van der Waals surface area contributed by atoms with Gasteiger partial charge in [-0.3, -0.25) is 10.1 Å². The standard InChI is InChI=1S/C15H22N2O/c1-5-17-13(18)10-16-14(17)11-6-8-12(9-7-11)15(2,3)4/h6-9,14,16H,5,10H2,1-4H3. The third kappa shape index (κ3) is 2.41. The molecule has 0 saturated carbocycles. The summed E-state index contributed by atoms with van der Waals surface area (Å²) in [5.41, 5.74) is 2.65. The van der Waals surface area contributed by atoms with Crippen molar-refractivity contribution in [2.75, 3.05) is 13.1 Å². The minimum Gasteiger partial charge on any atom is -0.322 e. The van der Waals surface area contributed by atoms with Crippen molar-refractivity contribution in [2.45, 2.75) is 39.3 Å². The third-order valence-electron chi connectivity index (χ3n) is 3.51. The molecule has 0 bridgehead atoms. The molecule has 1 unspecified atom stereocenters. The number of hydrogen-bond acceptors (Lipinski definition) is 2. The number of hydrogen-bond donors (Lipinski definition) is 1. The van der Waals surface area contributed by atoms with E-state index in [9.17, 15) is 4.79 Å². The molecule has 18 heavy (non-hydrogen) atoms. The number of carbonyl (C=O) groups excluding carboxylic acids is 1. The molecular weight excluding hydrogens is 224 g/mol. The van der Waals surface area contributed by atoms with Gasteiger partial charge in [-0.05, 0) is 23.5 Å². The molecule has 1 aliphatic heterocycles. The first kappa shape index (κ1) is 13.1. The molecule has 98 valence electrons. The molecule has 2 rings (SSSR count). The number of likely N-dealkylation sites (N-methyl/N-ethyl adjacent to an activating group) is 1. The van der Waals surface area contributed by atoms with Gasteiger partial charge in [0.2, 0.25) is 5.91 Å². The fraction of sp³-hybridized carbons (Fsp3) is 0.533. The topological polar surface area (TPSA) is 32.3 Å². The zero-order valence-electron chi connectivity index (χ0n) is 11.7. The zero-order chi connectivity index (χ0) is 13.3. The van der Waals surface area contributed by atoms with Crippen molar-refractivity contribution in [1.29, 1.82) is 0 Å². The lowest BCUT2D eigenvalue weighted by atomic mass is 9.86. The minimum atomic E-state index is 0.0384. The zero-order valence-corrected chi connectivity index (χ0v) is 11.7. The highest BCUT2D eigenvalue weighted by molar-refractivity contribution is 5.80. The average Bonchev–Trinajstić information content (AvgIpc) is 2.69. The van der Waals surface area contributed by atoms with Crippen molar-refractivity contribution < 1.29 is 4.79 Å². The summed E-state index contributed by atoms with van der Waals surface area (Å²) in [6.45, 7) is 9.82. The summed E-state index contributed by atoms with van der Waals surface area (Å²) >= 11 is 0. The molecule has 1 fully saturated rings. The molecule has 1 N–H and O–H groups in total. The van der Waals surface area contributed by atoms with Gasteiger partial charge < -0.3 is 4.90 Å². The summed E-state index contributed by atoms with van der Waals surface area (Å²) in [7, 11) is 0. The van der Waals surface area contributed by atoms with Crippen LogP contribution in [0, 0.1) is 0 Å². The summed E-state index contributed by atoms with van der Waals surface area (Å²) in [6.07, 6.45) is 0.0384. The molecule has 1 atom stereocenters. The Bertz CT molecular complexity index is 431. The van der Waals surface area contributed by atoms with Gasteiger partial charge >= 0.3 is 0 Å². The van der Waals surface area contributed by atoms with Crippen LogP contribution in [0.3, 0.4) is 0 Å². The highest BCUT2D eigenvalue weighted by Crippen LogP contribution is 2.26. The average molecular weight is 246 g/mol. The second-order valence-electron chi connectivity index (χ2n) is 5.84. The Balaban J connectivity index is 2.22. The molecule has 0 spiro atoms. The van der Waals surface area contributed by atoms with Crippen molar-refractivity contribution >= 4 is 5.91 Å². The van der Waals surface area contributed by atoms with Crippen LogP contribution in [0.5, 0.6) is 0 Å². The Labute approximate surface area is 109 Å². The van der Waals surface area contributed by atoms with E-state index < -0.39 is 0 Å². The molecule has 1 aromatic rings. The minimum absolute atomic E-state index is 0.0384. The van der Waals surface area contributed by atoms with E-state index >= 15 is 0 Å². The number of nitrogens with one attached hydrogen (secondary N) is 1. The van der Waals surface area contributed by atoms with Gasteiger partial charge in [-0.2, -0.15) is 0 Å². The molecule has 3 nitrogen and oxygen atoms in total. The molecule has 0 aromatic heterocycles. The van der Waals surface area contributed by atoms with E-state index in [2.05, 4.69) is 50.4 Å². The Hall–Kier alpha value is -1.35. The highest BCUT2D eigenvalue weighted by atomic mass is 16.2. The molecule has 3 heteroatoms. The SMILES string of the molecule is CCN1C(=O)CNC1c1ccc(C(C)(C)C)cc1. The fourth-order valence-electron chi connectivity index (χ4n) is 2.36. The van der Waals surface area contributed by atoms with Gasteiger partial charge in [-0.15, -0.1) is 0 Å². The van der Waals surface area contributed by atoms with Crippen LogP contribution in [0.2, 0.25) is 0 Å². The molecule has 1 aliphatic rings. The molecule has 1 amide bonds. The maximum Gasteiger partial charge on any atom is 0.238 e. The maximum absolute atomic E-state index is 11.7. The van der Waals surface area contributed by atoms with Crippen LogP contribution in [0.1, 0.15) is 45.0 Å². The van der Waals surface area contributed by atoms with E-state index in [-0.39, 0.29) is 17.5 Å². The van der Waals surface area contributed by atoms with Gasteiger partial charge in [0.1, 0.15) is 6.17 Å². The van der Waals surface area contributed by atoms with Crippen LogP contribution in [-0.2, 0) is 10.2 Å². The summed E-state index contributed by atoms with van der Waals surface area (Å²) < 4.78 is 0. The summed E-state index contributed by atoms with van der Waals surface area (Å²) in [4.78, 5) is 13.6. The van der Waals surface area contributed by atoms with E-state index in [1.54, 1.807) is 0 Å². The lowest BCUT2D eigenvalue weighted by Gasteiger charge is -2.24. The maximum atomic E-state index is 11.7. The predicted molar refractivity (Wildman–Crippen MR) is 73.3 cm³/mol. The Morgan fingerprint density at radius 3 is 2.39 bits per heavy atom. The first-order chi connectivity index (χ1) is 8.43. The van der Waals surface area contributed by atoms with Crippen LogP contribution in [0.4, 0.5) is 0 Å². The first-order valence-corrected chi connectivity index (χ1v) is 6.57. The Kier molecular flexibility index (Phi) is 3.44. The van der Waals surface area contributed by atoms with Crippen LogP contribution in [-0.4, -0.2) is 23.9 Å². The van der Waals surface area contributed by atoms with Gasteiger partial charge in [-0.25, -0.2) is 0 Å². The summed E-state index contributed by atoms with van der Waals surface area (Å²) in [5, 5.41) is 3.26. The van der Waals surface area contributed by atoms with E-state index in [4.69, 9.17) is 0 Å². The molecule has 1 heterocycles. The summed E-state index contributed by atoms with van der Waals surface area (Å²) in [5.74, 6) is 0.183. The normalized spacial score (nSPS) is 20.6. The number of amides is 1. The van der Waals surface area contributed by atoms with E-state index in [0.717, 1.165) is 12.1 Å². The van der Waals surface area contributed by atoms with Gasteiger partial charge in [0.15, 0.2) is 0 Å². The lowest BCUT2D eigenvalue weighted by molar-refractivity contribution is -0.127. The number of carbonyl (C=O) groups is 1. The van der Waals surface area contributed by atoms with Gasteiger partial charge in [-0.1, -0.05) is 45.0 Å². The quantitative estimate of drug-likeness (QED) is 0.869. The van der Waals surface area contributed by atoms with Crippen molar-refractivity contribution in [3.05, 3.63) is 35.4 Å². The van der Waals surface area contributed by atoms with E-state index in [1.807, 2.05) is 11.8 Å². The number of nitrogens with zero attached hydrogens (tertiary/aromatic N) is 1. The van der Waals surface area contributed by atoms with Crippen LogP contribution in [0.25, 0.3) is 0 Å². The highest BCUT2D eigenvalue weighted by Gasteiger charge is 2.30. The van der Waals surface area contributed by atoms with Gasteiger partial charge in [0, 0.05) is 6.54 Å². The van der Waals surface area contributed by atoms with Gasteiger partial charge in [0.05, 0.1) is 6.54 Å². The van der Waals surface area contributed by atoms with Crippen LogP contribution in [0.15, 0.2) is 24.3 Å². The molecule has 1 saturated heterocycles. The number of benzene rings is 1. The van der Waals surface area contributed by atoms with Crippen molar-refractivity contribution in [3.8, 4) is 0 Å². The van der Waals surface area contributed by atoms with Crippen molar-refractivity contribution in [3.63, 3.8) is 0 Å². The van der Waals surface area contributed by atoms with Gasteiger partial charge in [0.25, 0.3) is 0 Å². The second kappa shape index (κ2) is 4.73. The molecule has 1 aromatic carbocycles. The van der Waals surface area contributed by atoms with Crippen LogP contribution >= 0.6 is 0 Å². The first-order valence-electron chi connectivity index (χ1n) is 6.57. The van der Waals surface area contributed by atoms with Crippen molar-refractivity contribution in [2.24, 2.45) is 0 Å². The molecule has 0 radical (unpaired) electrons. The largest absolute Gasteiger partial charge is 0.322 e. The van der Waals surface area contributed by atoms with E-state index in [0.29, 0.717) is 6.54 Å². The molecular formula is C15H22N2O. The van der Waals surface area contributed by atoms with Crippen LogP contribution < -0.4 is 5.32 Å². The smallest absolute Gasteiger partial charge is 0.238 e. The fourth-order valence-corrected chi connectivity index (χ4v) is 2.36. The van der Waals surface area contributed by atoms with Crippen molar-refractivity contribution in [1.82, 2.24) is 10.2 Å². The Morgan fingerprint density at radius 2 is 1.89 bits per heavy atom. The summed E-state index contributed by atoms with van der Waals surface area (Å²) in [6, 6.07) is 8.57. The Morgan fingerprint density at radius 1 is 1.28 bits per heavy atom. The van der Waals surface area contributed by atoms with E-state index in [1.165, 1.54) is 5.56 Å².